The van der Waals surface area contributed by atoms with Crippen molar-refractivity contribution in [1.29, 1.82) is 0 Å². The van der Waals surface area contributed by atoms with E-state index in [9.17, 15) is 0 Å². The molecule has 0 bridgehead atoms. The smallest absolute Gasteiger partial charge is 0.245 e. The van der Waals surface area contributed by atoms with Gasteiger partial charge in [-0.3, -0.25) is 9.47 Å². The van der Waals surface area contributed by atoms with E-state index >= 15 is 0 Å². The fourth-order valence-corrected chi connectivity index (χ4v) is 5.25. The molecule has 4 aromatic rings. The minimum atomic E-state index is -0.0150. The summed E-state index contributed by atoms with van der Waals surface area (Å²) in [7, 11) is 0. The second-order valence-corrected chi connectivity index (χ2v) is 10.6. The fraction of sp³-hybridized carbons (Fsp3) is 0.346. The first-order valence-corrected chi connectivity index (χ1v) is 13.5. The monoisotopic (exact) mass is 563 g/mol. The number of likely N-dealkylation sites (tertiary alicyclic amines) is 1. The highest BCUT2D eigenvalue weighted by molar-refractivity contribution is 6.36. The summed E-state index contributed by atoms with van der Waals surface area (Å²) < 4.78 is 8.20. The number of unbranched alkanes of at least 4 members (excludes halogenated alkanes) is 2. The van der Waals surface area contributed by atoms with E-state index in [1.807, 2.05) is 34.9 Å². The topological polar surface area (TPSA) is 56.1 Å². The minimum Gasteiger partial charge on any atom is -0.470 e. The van der Waals surface area contributed by atoms with Crippen LogP contribution in [0, 0.1) is 0 Å². The molecule has 1 fully saturated rings. The van der Waals surface area contributed by atoms with Crippen LogP contribution in [0.2, 0.25) is 15.1 Å². The standard InChI is InChI=1S/C26H25Cl4N5O/c1-2-3-4-5-22(30)34-13-19(14-34)36-26-23-25(31-15-32-26)35(18-9-6-16(27)7-10-18)24(33-23)20-11-8-17(28)12-21(20)29/h6-12,15,19,22H,2-5,13-14H2,1H3. The molecule has 1 saturated heterocycles. The third-order valence-corrected chi connectivity index (χ3v) is 7.56. The van der Waals surface area contributed by atoms with Crippen LogP contribution in [0.15, 0.2) is 48.8 Å². The Kier molecular flexibility index (Phi) is 7.89. The first-order chi connectivity index (χ1) is 17.4. The van der Waals surface area contributed by atoms with Gasteiger partial charge in [-0.05, 0) is 48.9 Å². The Labute approximate surface area is 230 Å². The molecule has 0 N–H and O–H groups in total. The third-order valence-electron chi connectivity index (χ3n) is 6.26. The average molecular weight is 565 g/mol. The van der Waals surface area contributed by atoms with Crippen molar-refractivity contribution in [3.8, 4) is 23.0 Å². The molecule has 188 valence electrons. The summed E-state index contributed by atoms with van der Waals surface area (Å²) in [4.78, 5) is 16.1. The lowest BCUT2D eigenvalue weighted by molar-refractivity contribution is 0.00679. The molecule has 36 heavy (non-hydrogen) atoms. The fourth-order valence-electron chi connectivity index (χ4n) is 4.32. The number of halogens is 4. The molecule has 3 heterocycles. The van der Waals surface area contributed by atoms with Crippen LogP contribution in [-0.4, -0.2) is 49.1 Å². The van der Waals surface area contributed by atoms with E-state index in [-0.39, 0.29) is 11.6 Å². The minimum absolute atomic E-state index is 0.0150. The summed E-state index contributed by atoms with van der Waals surface area (Å²) in [6.45, 7) is 3.69. The van der Waals surface area contributed by atoms with E-state index < -0.39 is 0 Å². The lowest BCUT2D eigenvalue weighted by atomic mass is 10.1. The molecule has 6 nitrogen and oxygen atoms in total. The maximum absolute atomic E-state index is 6.58. The summed E-state index contributed by atoms with van der Waals surface area (Å²) in [5.41, 5.74) is 2.74. The first-order valence-electron chi connectivity index (χ1n) is 11.9. The lowest BCUT2D eigenvalue weighted by Gasteiger charge is -2.41. The molecule has 10 heteroatoms. The van der Waals surface area contributed by atoms with Gasteiger partial charge in [0.1, 0.15) is 18.3 Å². The third kappa shape index (κ3) is 5.29. The van der Waals surface area contributed by atoms with E-state index in [1.54, 1.807) is 12.1 Å². The van der Waals surface area contributed by atoms with Gasteiger partial charge < -0.3 is 4.74 Å². The second kappa shape index (κ2) is 11.1. The van der Waals surface area contributed by atoms with Gasteiger partial charge in [0.25, 0.3) is 0 Å². The summed E-state index contributed by atoms with van der Waals surface area (Å²) in [5, 5.41) is 1.66. The van der Waals surface area contributed by atoms with Crippen LogP contribution < -0.4 is 4.74 Å². The molecule has 5 rings (SSSR count). The number of nitrogens with zero attached hydrogens (tertiary/aromatic N) is 5. The van der Waals surface area contributed by atoms with Crippen LogP contribution in [0.1, 0.15) is 32.6 Å². The van der Waals surface area contributed by atoms with E-state index in [0.29, 0.717) is 43.5 Å². The predicted molar refractivity (Wildman–Crippen MR) is 147 cm³/mol. The average Bonchev–Trinajstić information content (AvgIpc) is 3.21. The van der Waals surface area contributed by atoms with Gasteiger partial charge in [0.15, 0.2) is 11.2 Å². The molecule has 1 unspecified atom stereocenters. The summed E-state index contributed by atoms with van der Waals surface area (Å²) in [6.07, 6.45) is 5.98. The number of imidazole rings is 1. The number of ether oxygens (including phenoxy) is 1. The second-order valence-electron chi connectivity index (χ2n) is 8.85. The Morgan fingerprint density at radius 1 is 1.00 bits per heavy atom. The SMILES string of the molecule is CCCCCC(Cl)N1CC(Oc2ncnc3c2nc(-c2ccc(Cl)cc2Cl)n3-c2ccc(Cl)cc2)C1. The number of alkyl halides is 1. The van der Waals surface area contributed by atoms with E-state index in [2.05, 4.69) is 21.8 Å². The highest BCUT2D eigenvalue weighted by Gasteiger charge is 2.34. The molecule has 0 saturated carbocycles. The number of aromatic nitrogens is 4. The molecule has 0 radical (unpaired) electrons. The Morgan fingerprint density at radius 3 is 2.47 bits per heavy atom. The quantitative estimate of drug-likeness (QED) is 0.119. The van der Waals surface area contributed by atoms with Crippen LogP contribution in [0.25, 0.3) is 28.2 Å². The molecular weight excluding hydrogens is 540 g/mol. The zero-order chi connectivity index (χ0) is 25.2. The van der Waals surface area contributed by atoms with Crippen molar-refractivity contribution in [3.05, 3.63) is 63.9 Å². The van der Waals surface area contributed by atoms with Crippen LogP contribution in [0.3, 0.4) is 0 Å². The molecule has 1 aliphatic heterocycles. The van der Waals surface area contributed by atoms with E-state index in [4.69, 9.17) is 56.1 Å². The lowest BCUT2D eigenvalue weighted by Crippen LogP contribution is -2.56. The van der Waals surface area contributed by atoms with Crippen LogP contribution in [0.4, 0.5) is 0 Å². The number of hydrogen-bond donors (Lipinski definition) is 0. The van der Waals surface area contributed by atoms with Gasteiger partial charge in [-0.15, -0.1) is 11.6 Å². The number of rotatable bonds is 9. The first kappa shape index (κ1) is 25.6. The summed E-state index contributed by atoms with van der Waals surface area (Å²) >= 11 is 25.4. The maximum Gasteiger partial charge on any atom is 0.245 e. The molecule has 0 aliphatic carbocycles. The number of fused-ring (bicyclic) bond motifs is 1. The van der Waals surface area contributed by atoms with E-state index in [1.165, 1.54) is 19.2 Å². The highest BCUT2D eigenvalue weighted by Crippen LogP contribution is 2.36. The van der Waals surface area contributed by atoms with Crippen LogP contribution in [-0.2, 0) is 0 Å². The zero-order valence-electron chi connectivity index (χ0n) is 19.7. The zero-order valence-corrected chi connectivity index (χ0v) is 22.7. The molecular formula is C26H25Cl4N5O. The van der Waals surface area contributed by atoms with Gasteiger partial charge in [-0.1, -0.05) is 61.0 Å². The van der Waals surface area contributed by atoms with Crippen LogP contribution in [0.5, 0.6) is 5.88 Å². The normalized spacial score (nSPS) is 15.2. The van der Waals surface area contributed by atoms with Crippen molar-refractivity contribution in [1.82, 2.24) is 24.4 Å². The highest BCUT2D eigenvalue weighted by atomic mass is 35.5. The molecule has 2 aromatic carbocycles. The number of benzene rings is 2. The van der Waals surface area contributed by atoms with Gasteiger partial charge in [0, 0.05) is 34.4 Å². The van der Waals surface area contributed by atoms with Crippen molar-refractivity contribution in [2.24, 2.45) is 0 Å². The van der Waals surface area contributed by atoms with Gasteiger partial charge >= 0.3 is 0 Å². The molecule has 2 aromatic heterocycles. The van der Waals surface area contributed by atoms with Gasteiger partial charge in [0.05, 0.1) is 10.5 Å². The van der Waals surface area contributed by atoms with E-state index in [0.717, 1.165) is 31.6 Å². The largest absolute Gasteiger partial charge is 0.470 e. The van der Waals surface area contributed by atoms with Crippen molar-refractivity contribution >= 4 is 57.6 Å². The molecule has 1 aliphatic rings. The summed E-state index contributed by atoms with van der Waals surface area (Å²) in [5.74, 6) is 1.03. The summed E-state index contributed by atoms with van der Waals surface area (Å²) in [6, 6.07) is 12.8. The van der Waals surface area contributed by atoms with Gasteiger partial charge in [-0.2, -0.15) is 4.98 Å². The number of hydrogen-bond acceptors (Lipinski definition) is 5. The Morgan fingerprint density at radius 2 is 1.75 bits per heavy atom. The molecule has 0 spiro atoms. The Hall–Kier alpha value is -2.09. The van der Waals surface area contributed by atoms with Crippen molar-refractivity contribution in [2.45, 2.75) is 44.2 Å². The molecule has 1 atom stereocenters. The predicted octanol–water partition coefficient (Wildman–Crippen LogP) is 7.65. The van der Waals surface area contributed by atoms with Gasteiger partial charge in [-0.25, -0.2) is 9.97 Å². The maximum atomic E-state index is 6.58. The van der Waals surface area contributed by atoms with Gasteiger partial charge in [0.2, 0.25) is 5.88 Å². The van der Waals surface area contributed by atoms with Crippen molar-refractivity contribution in [3.63, 3.8) is 0 Å². The van der Waals surface area contributed by atoms with Crippen molar-refractivity contribution in [2.75, 3.05) is 13.1 Å². The Bertz CT molecular complexity index is 1350. The van der Waals surface area contributed by atoms with Crippen molar-refractivity contribution < 1.29 is 4.74 Å². The Balaban J connectivity index is 1.47. The van der Waals surface area contributed by atoms with Crippen LogP contribution >= 0.6 is 46.4 Å². The molecule has 0 amide bonds.